The molecule has 1 heterocycles. The SMILES string of the molecule is O=C(O)c1cc(F)nc(C(F)F)c1[N+](=O)[O-]. The van der Waals surface area contributed by atoms with Gasteiger partial charge in [-0.1, -0.05) is 0 Å². The molecule has 0 spiro atoms. The number of carbonyl (C=O) groups is 1. The van der Waals surface area contributed by atoms with Crippen LogP contribution in [0, 0.1) is 16.1 Å². The van der Waals surface area contributed by atoms with E-state index in [-0.39, 0.29) is 6.07 Å². The average molecular weight is 236 g/mol. The fourth-order valence-electron chi connectivity index (χ4n) is 1.03. The Morgan fingerprint density at radius 3 is 2.50 bits per heavy atom. The van der Waals surface area contributed by atoms with Gasteiger partial charge in [-0.2, -0.15) is 4.39 Å². The Morgan fingerprint density at radius 2 is 2.12 bits per heavy atom. The van der Waals surface area contributed by atoms with E-state index in [9.17, 15) is 28.1 Å². The molecule has 1 rings (SSSR count). The first-order valence-corrected chi connectivity index (χ1v) is 3.71. The Bertz CT molecular complexity index is 463. The lowest BCUT2D eigenvalue weighted by Crippen LogP contribution is -2.09. The van der Waals surface area contributed by atoms with Gasteiger partial charge in [0.25, 0.3) is 6.43 Å². The summed E-state index contributed by atoms with van der Waals surface area (Å²) in [4.78, 5) is 22.2. The van der Waals surface area contributed by atoms with Crippen molar-refractivity contribution in [3.63, 3.8) is 0 Å². The number of alkyl halides is 2. The van der Waals surface area contributed by atoms with Crippen molar-refractivity contribution in [1.29, 1.82) is 0 Å². The first-order chi connectivity index (χ1) is 7.34. The third-order valence-corrected chi connectivity index (χ3v) is 1.61. The van der Waals surface area contributed by atoms with Crippen molar-refractivity contribution in [3.05, 3.63) is 33.4 Å². The fourth-order valence-corrected chi connectivity index (χ4v) is 1.03. The number of hydrogen-bond donors (Lipinski definition) is 1. The zero-order valence-corrected chi connectivity index (χ0v) is 7.35. The predicted octanol–water partition coefficient (Wildman–Crippen LogP) is 1.76. The minimum atomic E-state index is -3.44. The molecule has 0 radical (unpaired) electrons. The quantitative estimate of drug-likeness (QED) is 0.490. The number of hydrogen-bond acceptors (Lipinski definition) is 4. The van der Waals surface area contributed by atoms with Crippen LogP contribution in [0.4, 0.5) is 18.9 Å². The summed E-state index contributed by atoms with van der Waals surface area (Å²) in [5.41, 5.74) is -4.06. The average Bonchev–Trinajstić information content (AvgIpc) is 2.15. The molecule has 0 aromatic carbocycles. The standard InChI is InChI=1S/C7H3F3N2O4/c8-3-1-2(7(13)14)5(12(15)16)4(11-3)6(9)10/h1,6H,(H,13,14). The highest BCUT2D eigenvalue weighted by Crippen LogP contribution is 2.30. The van der Waals surface area contributed by atoms with E-state index in [1.165, 1.54) is 0 Å². The summed E-state index contributed by atoms with van der Waals surface area (Å²) in [5.74, 6) is -3.40. The van der Waals surface area contributed by atoms with E-state index in [0.717, 1.165) is 0 Å². The zero-order chi connectivity index (χ0) is 12.5. The summed E-state index contributed by atoms with van der Waals surface area (Å²) < 4.78 is 37.2. The second kappa shape index (κ2) is 4.13. The van der Waals surface area contributed by atoms with Crippen LogP contribution in [0.5, 0.6) is 0 Å². The number of nitro groups is 1. The van der Waals surface area contributed by atoms with Crippen LogP contribution in [0.25, 0.3) is 0 Å². The molecule has 1 aromatic rings. The van der Waals surface area contributed by atoms with Crippen molar-refractivity contribution >= 4 is 11.7 Å². The lowest BCUT2D eigenvalue weighted by Gasteiger charge is -2.03. The summed E-state index contributed by atoms with van der Waals surface area (Å²) in [7, 11) is 0. The molecule has 0 saturated carbocycles. The topological polar surface area (TPSA) is 93.3 Å². The molecular formula is C7H3F3N2O4. The fraction of sp³-hybridized carbons (Fsp3) is 0.143. The molecule has 9 heteroatoms. The van der Waals surface area contributed by atoms with Crippen molar-refractivity contribution in [2.45, 2.75) is 6.43 Å². The molecule has 6 nitrogen and oxygen atoms in total. The van der Waals surface area contributed by atoms with Crippen LogP contribution in [0.1, 0.15) is 22.5 Å². The Hall–Kier alpha value is -2.19. The highest BCUT2D eigenvalue weighted by atomic mass is 19.3. The highest BCUT2D eigenvalue weighted by Gasteiger charge is 2.31. The molecule has 1 N–H and O–H groups in total. The van der Waals surface area contributed by atoms with Crippen molar-refractivity contribution in [1.82, 2.24) is 4.98 Å². The van der Waals surface area contributed by atoms with Gasteiger partial charge in [-0.25, -0.2) is 18.6 Å². The minimum absolute atomic E-state index is 0.215. The Labute approximate surface area is 85.5 Å². The van der Waals surface area contributed by atoms with Crippen molar-refractivity contribution in [3.8, 4) is 0 Å². The molecule has 16 heavy (non-hydrogen) atoms. The number of carboxylic acids is 1. The molecule has 0 bridgehead atoms. The normalized spacial score (nSPS) is 10.5. The molecule has 0 aliphatic heterocycles. The van der Waals surface area contributed by atoms with E-state index in [0.29, 0.717) is 0 Å². The Balaban J connectivity index is 3.60. The number of rotatable bonds is 3. The number of pyridine rings is 1. The molecule has 0 saturated heterocycles. The monoisotopic (exact) mass is 236 g/mol. The maximum atomic E-state index is 12.7. The minimum Gasteiger partial charge on any atom is -0.477 e. The highest BCUT2D eigenvalue weighted by molar-refractivity contribution is 5.92. The summed E-state index contributed by atoms with van der Waals surface area (Å²) in [6.45, 7) is 0. The van der Waals surface area contributed by atoms with E-state index in [2.05, 4.69) is 4.98 Å². The summed E-state index contributed by atoms with van der Waals surface area (Å²) in [6, 6.07) is 0.215. The van der Waals surface area contributed by atoms with Gasteiger partial charge in [0, 0.05) is 6.07 Å². The lowest BCUT2D eigenvalue weighted by molar-refractivity contribution is -0.387. The van der Waals surface area contributed by atoms with Gasteiger partial charge in [0.05, 0.1) is 4.92 Å². The van der Waals surface area contributed by atoms with E-state index in [4.69, 9.17) is 5.11 Å². The van der Waals surface area contributed by atoms with Gasteiger partial charge in [0.1, 0.15) is 5.56 Å². The molecule has 0 aliphatic rings. The van der Waals surface area contributed by atoms with Gasteiger partial charge < -0.3 is 5.11 Å². The first kappa shape index (κ1) is 11.9. The second-order valence-electron chi connectivity index (χ2n) is 2.59. The van der Waals surface area contributed by atoms with Crippen LogP contribution in [0.3, 0.4) is 0 Å². The molecule has 0 atom stereocenters. The van der Waals surface area contributed by atoms with Crippen LogP contribution >= 0.6 is 0 Å². The van der Waals surface area contributed by atoms with E-state index >= 15 is 0 Å². The maximum absolute atomic E-state index is 12.7. The third-order valence-electron chi connectivity index (χ3n) is 1.61. The van der Waals surface area contributed by atoms with Gasteiger partial charge in [0.2, 0.25) is 5.95 Å². The molecule has 1 aromatic heterocycles. The number of aromatic carboxylic acids is 1. The third kappa shape index (κ3) is 2.07. The van der Waals surface area contributed by atoms with Gasteiger partial charge in [-0.15, -0.1) is 0 Å². The summed E-state index contributed by atoms with van der Waals surface area (Å²) in [5, 5.41) is 18.9. The van der Waals surface area contributed by atoms with Crippen molar-refractivity contribution in [2.24, 2.45) is 0 Å². The number of carboxylic acid groups (broad SMARTS) is 1. The molecule has 0 aliphatic carbocycles. The molecule has 86 valence electrons. The van der Waals surface area contributed by atoms with Crippen LogP contribution in [-0.2, 0) is 0 Å². The first-order valence-electron chi connectivity index (χ1n) is 3.71. The van der Waals surface area contributed by atoms with Gasteiger partial charge in [-0.3, -0.25) is 10.1 Å². The number of aromatic nitrogens is 1. The Kier molecular flexibility index (Phi) is 3.06. The molecule has 0 unspecified atom stereocenters. The summed E-state index contributed by atoms with van der Waals surface area (Å²) in [6.07, 6.45) is -3.44. The molecule has 0 fully saturated rings. The van der Waals surface area contributed by atoms with E-state index in [1.807, 2.05) is 0 Å². The van der Waals surface area contributed by atoms with Gasteiger partial charge in [0.15, 0.2) is 5.69 Å². The van der Waals surface area contributed by atoms with Crippen molar-refractivity contribution < 1.29 is 28.0 Å². The largest absolute Gasteiger partial charge is 0.477 e. The second-order valence-corrected chi connectivity index (χ2v) is 2.59. The van der Waals surface area contributed by atoms with Crippen LogP contribution in [0.15, 0.2) is 6.07 Å². The van der Waals surface area contributed by atoms with Gasteiger partial charge in [-0.05, 0) is 0 Å². The van der Waals surface area contributed by atoms with Crippen LogP contribution in [-0.4, -0.2) is 21.0 Å². The predicted molar refractivity (Wildman–Crippen MR) is 42.8 cm³/mol. The zero-order valence-electron chi connectivity index (χ0n) is 7.35. The summed E-state index contributed by atoms with van der Waals surface area (Å²) >= 11 is 0. The lowest BCUT2D eigenvalue weighted by atomic mass is 10.2. The molecular weight excluding hydrogens is 233 g/mol. The molecule has 0 amide bonds. The smallest absolute Gasteiger partial charge is 0.342 e. The van der Waals surface area contributed by atoms with Crippen LogP contribution in [0.2, 0.25) is 0 Å². The number of nitrogens with zero attached hydrogens (tertiary/aromatic N) is 2. The number of halogens is 3. The Morgan fingerprint density at radius 1 is 1.56 bits per heavy atom. The van der Waals surface area contributed by atoms with Gasteiger partial charge >= 0.3 is 11.7 Å². The van der Waals surface area contributed by atoms with E-state index in [1.54, 1.807) is 0 Å². The maximum Gasteiger partial charge on any atom is 0.342 e. The van der Waals surface area contributed by atoms with Crippen LogP contribution < -0.4 is 0 Å². The van der Waals surface area contributed by atoms with Crippen molar-refractivity contribution in [2.75, 3.05) is 0 Å². The van der Waals surface area contributed by atoms with E-state index < -0.39 is 40.2 Å².